The zero-order valence-electron chi connectivity index (χ0n) is 20.0. The van der Waals surface area contributed by atoms with Crippen molar-refractivity contribution < 1.29 is 9.53 Å². The summed E-state index contributed by atoms with van der Waals surface area (Å²) in [6, 6.07) is 27.6. The predicted octanol–water partition coefficient (Wildman–Crippen LogP) is 3.68. The number of carbonyl (C=O) groups is 1. The van der Waals surface area contributed by atoms with Crippen LogP contribution in [-0.4, -0.2) is 17.1 Å². The maximum atomic E-state index is 13.6. The van der Waals surface area contributed by atoms with Gasteiger partial charge >= 0.3 is 0 Å². The van der Waals surface area contributed by atoms with Gasteiger partial charge in [-0.2, -0.15) is 5.26 Å². The number of rotatable bonds is 7. The Kier molecular flexibility index (Phi) is 7.79. The number of hydrogen-bond acceptors (Lipinski definition) is 5. The molecule has 1 atom stereocenters. The molecule has 0 unspecified atom stereocenters. The molecule has 0 radical (unpaired) electrons. The number of ether oxygens (including phenoxy) is 1. The number of hydrogen-bond donors (Lipinski definition) is 1. The van der Waals surface area contributed by atoms with Gasteiger partial charge in [-0.1, -0.05) is 66.7 Å². The first-order valence-electron chi connectivity index (χ1n) is 11.5. The second-order valence-electron chi connectivity index (χ2n) is 7.96. The summed E-state index contributed by atoms with van der Waals surface area (Å²) >= 11 is 1.11. The third-order valence-electron chi connectivity index (χ3n) is 5.54. The van der Waals surface area contributed by atoms with Crippen molar-refractivity contribution in [3.63, 3.8) is 0 Å². The Morgan fingerprint density at radius 2 is 1.69 bits per heavy atom. The van der Waals surface area contributed by atoms with Crippen molar-refractivity contribution in [1.29, 1.82) is 5.26 Å². The van der Waals surface area contributed by atoms with E-state index in [0.717, 1.165) is 22.5 Å². The number of nitriles is 1. The fraction of sp³-hybridized carbons (Fsp3) is 0.138. The molecule has 0 bridgehead atoms. The van der Waals surface area contributed by atoms with Gasteiger partial charge in [0.1, 0.15) is 16.5 Å². The van der Waals surface area contributed by atoms with Crippen LogP contribution in [0.4, 0.5) is 0 Å². The van der Waals surface area contributed by atoms with Crippen LogP contribution in [0.25, 0.3) is 17.3 Å². The van der Waals surface area contributed by atoms with Crippen LogP contribution in [-0.2, 0) is 4.79 Å². The Hall–Kier alpha value is -4.41. The first-order valence-corrected chi connectivity index (χ1v) is 12.4. The number of aromatic nitrogens is 1. The highest BCUT2D eigenvalue weighted by molar-refractivity contribution is 7.07. The summed E-state index contributed by atoms with van der Waals surface area (Å²) in [4.78, 5) is 26.8. The highest BCUT2D eigenvalue weighted by Gasteiger charge is 2.19. The molecule has 0 fully saturated rings. The molecule has 4 aromatic rings. The van der Waals surface area contributed by atoms with Gasteiger partial charge in [-0.05, 0) is 43.7 Å². The Morgan fingerprint density at radius 3 is 2.36 bits per heavy atom. The number of nitrogens with one attached hydrogen (secondary N) is 1. The van der Waals surface area contributed by atoms with E-state index in [2.05, 4.69) is 5.32 Å². The summed E-state index contributed by atoms with van der Waals surface area (Å²) in [6.45, 7) is 4.23. The van der Waals surface area contributed by atoms with Crippen LogP contribution >= 0.6 is 11.3 Å². The minimum absolute atomic E-state index is 0.124. The van der Waals surface area contributed by atoms with Crippen molar-refractivity contribution in [2.45, 2.75) is 19.9 Å². The monoisotopic (exact) mass is 495 g/mol. The maximum absolute atomic E-state index is 13.6. The van der Waals surface area contributed by atoms with Gasteiger partial charge < -0.3 is 10.1 Å². The lowest BCUT2D eigenvalue weighted by Crippen LogP contribution is -2.34. The normalized spacial score (nSPS) is 13.0. The molecule has 1 aromatic heterocycles. The van der Waals surface area contributed by atoms with Crippen LogP contribution in [0.1, 0.15) is 31.0 Å². The predicted molar refractivity (Wildman–Crippen MR) is 142 cm³/mol. The summed E-state index contributed by atoms with van der Waals surface area (Å²) in [7, 11) is 0. The van der Waals surface area contributed by atoms with E-state index in [9.17, 15) is 14.9 Å². The fourth-order valence-electron chi connectivity index (χ4n) is 3.78. The average Bonchev–Trinajstić information content (AvgIpc) is 3.22. The standard InChI is InChI=1S/C29H25N3O3S/c1-3-35-25-17-11-10-14-22(25)18-26-28(34)32(23-15-8-5-9-16-23)29(36-26)24(19-30)27(33)31-20(2)21-12-6-4-7-13-21/h4-18,20H,3H2,1-2H3,(H,31,33)/b26-18+,29-24-/t20-/m1/s1. The SMILES string of the molecule is CCOc1ccccc1/C=c1/s/c(=C(/C#N)C(=O)N[C@H](C)c2ccccc2)n(-c2ccccc2)c1=O. The molecular formula is C29H25N3O3S. The molecule has 1 amide bonds. The molecule has 0 saturated heterocycles. The van der Waals surface area contributed by atoms with Crippen molar-refractivity contribution in [1.82, 2.24) is 9.88 Å². The molecule has 1 N–H and O–H groups in total. The van der Waals surface area contributed by atoms with E-state index in [0.29, 0.717) is 22.6 Å². The van der Waals surface area contributed by atoms with Gasteiger partial charge in [0.15, 0.2) is 5.57 Å². The van der Waals surface area contributed by atoms with Gasteiger partial charge in [0, 0.05) is 5.56 Å². The van der Waals surface area contributed by atoms with E-state index in [1.54, 1.807) is 30.3 Å². The summed E-state index contributed by atoms with van der Waals surface area (Å²) in [5, 5.41) is 12.9. The smallest absolute Gasteiger partial charge is 0.273 e. The summed E-state index contributed by atoms with van der Waals surface area (Å²) in [6.07, 6.45) is 1.74. The van der Waals surface area contributed by atoms with Crippen molar-refractivity contribution in [3.05, 3.63) is 116 Å². The Morgan fingerprint density at radius 1 is 1.06 bits per heavy atom. The fourth-order valence-corrected chi connectivity index (χ4v) is 4.87. The van der Waals surface area contributed by atoms with Crippen molar-refractivity contribution in [3.8, 4) is 17.5 Å². The molecule has 7 heteroatoms. The van der Waals surface area contributed by atoms with E-state index >= 15 is 0 Å². The number of thiazole rings is 1. The summed E-state index contributed by atoms with van der Waals surface area (Å²) in [5.74, 6) is 0.112. The molecule has 0 saturated carbocycles. The van der Waals surface area contributed by atoms with Crippen LogP contribution in [0.15, 0.2) is 89.7 Å². The molecule has 0 aliphatic carbocycles. The largest absolute Gasteiger partial charge is 0.493 e. The van der Waals surface area contributed by atoms with Crippen LogP contribution in [0.5, 0.6) is 5.75 Å². The van der Waals surface area contributed by atoms with Crippen molar-refractivity contribution in [2.24, 2.45) is 0 Å². The third kappa shape index (κ3) is 5.29. The van der Waals surface area contributed by atoms with Gasteiger partial charge in [-0.15, -0.1) is 11.3 Å². The maximum Gasteiger partial charge on any atom is 0.273 e. The van der Waals surface area contributed by atoms with E-state index in [-0.39, 0.29) is 21.8 Å². The lowest BCUT2D eigenvalue weighted by atomic mass is 10.1. The topological polar surface area (TPSA) is 84.1 Å². The van der Waals surface area contributed by atoms with E-state index in [1.165, 1.54) is 4.57 Å². The highest BCUT2D eigenvalue weighted by Crippen LogP contribution is 2.18. The summed E-state index contributed by atoms with van der Waals surface area (Å²) in [5.41, 5.74) is 1.79. The average molecular weight is 496 g/mol. The molecule has 1 heterocycles. The van der Waals surface area contributed by atoms with Gasteiger partial charge in [0.2, 0.25) is 0 Å². The third-order valence-corrected chi connectivity index (χ3v) is 6.64. The molecule has 36 heavy (non-hydrogen) atoms. The van der Waals surface area contributed by atoms with Crippen molar-refractivity contribution >= 4 is 28.9 Å². The molecule has 0 spiro atoms. The van der Waals surface area contributed by atoms with Gasteiger partial charge in [-0.25, -0.2) is 0 Å². The lowest BCUT2D eigenvalue weighted by molar-refractivity contribution is -0.116. The number of benzene rings is 3. The van der Waals surface area contributed by atoms with Crippen LogP contribution in [0.3, 0.4) is 0 Å². The molecule has 0 aliphatic heterocycles. The number of amides is 1. The van der Waals surface area contributed by atoms with E-state index in [1.807, 2.05) is 80.6 Å². The Balaban J connectivity index is 1.91. The number of para-hydroxylation sites is 2. The minimum Gasteiger partial charge on any atom is -0.493 e. The quantitative estimate of drug-likeness (QED) is 0.424. The lowest BCUT2D eigenvalue weighted by Gasteiger charge is -2.13. The number of nitrogens with zero attached hydrogens (tertiary/aromatic N) is 2. The van der Waals surface area contributed by atoms with Gasteiger partial charge in [-0.3, -0.25) is 14.2 Å². The van der Waals surface area contributed by atoms with Gasteiger partial charge in [0.05, 0.1) is 22.9 Å². The molecule has 4 rings (SSSR count). The Bertz CT molecular complexity index is 1580. The highest BCUT2D eigenvalue weighted by atomic mass is 32.1. The second kappa shape index (κ2) is 11.3. The van der Waals surface area contributed by atoms with E-state index in [4.69, 9.17) is 4.74 Å². The van der Waals surface area contributed by atoms with Gasteiger partial charge in [0.25, 0.3) is 11.5 Å². The number of carbonyl (C=O) groups excluding carboxylic acids is 1. The summed E-state index contributed by atoms with van der Waals surface area (Å²) < 4.78 is 7.78. The zero-order chi connectivity index (χ0) is 25.5. The first-order chi connectivity index (χ1) is 17.5. The molecule has 0 aliphatic rings. The van der Waals surface area contributed by atoms with Crippen LogP contribution in [0.2, 0.25) is 0 Å². The molecule has 3 aromatic carbocycles. The molecule has 180 valence electrons. The first kappa shape index (κ1) is 24.7. The molecule has 6 nitrogen and oxygen atoms in total. The van der Waals surface area contributed by atoms with Crippen molar-refractivity contribution in [2.75, 3.05) is 6.61 Å². The Labute approximate surface area is 213 Å². The van der Waals surface area contributed by atoms with E-state index < -0.39 is 5.91 Å². The zero-order valence-corrected chi connectivity index (χ0v) is 20.8. The second-order valence-corrected chi connectivity index (χ2v) is 8.99. The minimum atomic E-state index is -0.541. The molecular weight excluding hydrogens is 470 g/mol. The van der Waals surface area contributed by atoms with Crippen LogP contribution in [0, 0.1) is 11.3 Å². The van der Waals surface area contributed by atoms with Crippen LogP contribution < -0.4 is 24.8 Å².